The topological polar surface area (TPSA) is 182 Å². The van der Waals surface area contributed by atoms with Crippen LogP contribution in [-0.4, -0.2) is 91.4 Å². The summed E-state index contributed by atoms with van der Waals surface area (Å²) in [5.74, 6) is -1.37. The number of fused-ring (bicyclic) bond motifs is 3. The zero-order valence-corrected chi connectivity index (χ0v) is 34.7. The van der Waals surface area contributed by atoms with Gasteiger partial charge in [0, 0.05) is 42.0 Å². The number of hydrogen-bond acceptors (Lipinski definition) is 10. The maximum absolute atomic E-state index is 14.9. The molecule has 4 bridgehead atoms. The average Bonchev–Trinajstić information content (AvgIpc) is 4.12. The van der Waals surface area contributed by atoms with Crippen LogP contribution >= 0.6 is 0 Å². The van der Waals surface area contributed by atoms with Crippen LogP contribution in [0.4, 0.5) is 4.79 Å². The van der Waals surface area contributed by atoms with E-state index in [2.05, 4.69) is 28.5 Å². The van der Waals surface area contributed by atoms with Crippen LogP contribution in [0.5, 0.6) is 11.5 Å². The Labute approximate surface area is 340 Å². The van der Waals surface area contributed by atoms with Crippen LogP contribution in [0.2, 0.25) is 0 Å². The molecule has 1 saturated heterocycles. The van der Waals surface area contributed by atoms with E-state index < -0.39 is 68.7 Å². The van der Waals surface area contributed by atoms with Gasteiger partial charge in [0.15, 0.2) is 0 Å². The van der Waals surface area contributed by atoms with Gasteiger partial charge in [-0.3, -0.25) is 24.1 Å². The van der Waals surface area contributed by atoms with Crippen molar-refractivity contribution in [2.24, 2.45) is 17.3 Å². The van der Waals surface area contributed by atoms with Gasteiger partial charge < -0.3 is 29.7 Å². The van der Waals surface area contributed by atoms with E-state index in [0.717, 1.165) is 48.7 Å². The van der Waals surface area contributed by atoms with Crippen molar-refractivity contribution in [3.63, 3.8) is 0 Å². The number of carbonyl (C=O) groups excluding carboxylic acids is 4. The SMILES string of the molecule is C=CCc1cc2c3cc(c(OC)cc3n1)CCCC(C)(C)COC(=O)N[C@@H](C1CCCCC1)C(=O)N1C[C@@H](C[C@H]1C(=O)N[C@]1(C(=O)NS(=O)(=O)C3CC3)C[C@H]1C=C)O2. The van der Waals surface area contributed by atoms with Crippen molar-refractivity contribution in [1.29, 1.82) is 0 Å². The molecule has 2 aliphatic heterocycles. The predicted molar refractivity (Wildman–Crippen MR) is 218 cm³/mol. The third-order valence-electron chi connectivity index (χ3n) is 12.5. The van der Waals surface area contributed by atoms with E-state index in [-0.39, 0.29) is 37.3 Å². The third-order valence-corrected chi connectivity index (χ3v) is 14.3. The van der Waals surface area contributed by atoms with Gasteiger partial charge in [-0.05, 0) is 74.3 Å². The number of pyridine rings is 1. The molecule has 0 spiro atoms. The minimum atomic E-state index is -3.91. The lowest BCUT2D eigenvalue weighted by atomic mass is 9.83. The molecule has 5 aliphatic rings. The van der Waals surface area contributed by atoms with Crippen molar-refractivity contribution < 1.29 is 41.8 Å². The number of sulfonamides is 1. The Morgan fingerprint density at radius 1 is 1.09 bits per heavy atom. The van der Waals surface area contributed by atoms with Crippen molar-refractivity contribution in [2.45, 2.75) is 126 Å². The van der Waals surface area contributed by atoms with Gasteiger partial charge >= 0.3 is 6.09 Å². The smallest absolute Gasteiger partial charge is 0.407 e. The Morgan fingerprint density at radius 3 is 2.52 bits per heavy atom. The fourth-order valence-electron chi connectivity index (χ4n) is 8.92. The lowest BCUT2D eigenvalue weighted by molar-refractivity contribution is -0.142. The molecule has 7 rings (SSSR count). The van der Waals surface area contributed by atoms with E-state index in [1.54, 1.807) is 13.2 Å². The van der Waals surface area contributed by atoms with Crippen LogP contribution in [0.3, 0.4) is 0 Å². The summed E-state index contributed by atoms with van der Waals surface area (Å²) in [7, 11) is -2.28. The molecule has 2 aromatic rings. The summed E-state index contributed by atoms with van der Waals surface area (Å²) in [6.07, 6.45) is 9.99. The fourth-order valence-corrected chi connectivity index (χ4v) is 10.3. The van der Waals surface area contributed by atoms with E-state index in [0.29, 0.717) is 55.5 Å². The number of hydrogen-bond donors (Lipinski definition) is 3. The number of nitrogens with zero attached hydrogens (tertiary/aromatic N) is 2. The van der Waals surface area contributed by atoms with Crippen LogP contribution in [0, 0.1) is 17.3 Å². The monoisotopic (exact) mass is 819 g/mol. The molecule has 1 aromatic heterocycles. The number of aryl methyl sites for hydroxylation is 1. The number of carbonyl (C=O) groups is 4. The predicted octanol–water partition coefficient (Wildman–Crippen LogP) is 5.03. The van der Waals surface area contributed by atoms with Crippen molar-refractivity contribution in [3.8, 4) is 11.5 Å². The third kappa shape index (κ3) is 8.84. The number of amides is 4. The van der Waals surface area contributed by atoms with Crippen LogP contribution in [0.1, 0.15) is 95.7 Å². The first kappa shape index (κ1) is 41.5. The summed E-state index contributed by atoms with van der Waals surface area (Å²) < 4.78 is 46.3. The molecule has 3 saturated carbocycles. The van der Waals surface area contributed by atoms with Gasteiger partial charge in [-0.1, -0.05) is 45.3 Å². The standard InChI is InChI=1S/C43H57N5O9S/c1-6-12-29-20-36-32-19-27(35(55-5)22-33(32)44-29)15-11-18-42(3,4)25-56-41(52)45-37(26-13-9-8-10-14-26)39(50)48-24-30(57-36)21-34(48)38(49)46-43(23-28(43)7-2)40(51)47-58(53,54)31-16-17-31/h6-7,19-20,22,26,28,30-31,34,37H,1-2,8-18,21,23-25H2,3-5H3,(H,45,52)(H,46,49)(H,47,51)/t28-,30-,34+,37+,43-/m1/s1. The minimum Gasteiger partial charge on any atom is -0.496 e. The zero-order valence-electron chi connectivity index (χ0n) is 33.8. The number of nitrogens with one attached hydrogen (secondary N) is 3. The molecule has 3 N–H and O–H groups in total. The molecular weight excluding hydrogens is 763 g/mol. The van der Waals surface area contributed by atoms with Crippen LogP contribution in [0.25, 0.3) is 10.9 Å². The second kappa shape index (κ2) is 16.5. The molecule has 1 aromatic carbocycles. The molecule has 0 radical (unpaired) electrons. The lowest BCUT2D eigenvalue weighted by Crippen LogP contribution is -2.59. The number of allylic oxidation sites excluding steroid dienone is 1. The Morgan fingerprint density at radius 2 is 1.84 bits per heavy atom. The van der Waals surface area contributed by atoms with E-state index in [1.807, 2.05) is 32.0 Å². The normalized spacial score (nSPS) is 27.9. The number of cyclic esters (lactones) is 1. The van der Waals surface area contributed by atoms with Crippen LogP contribution < -0.4 is 24.8 Å². The number of alkyl carbamates (subject to hydrolysis) is 1. The highest BCUT2D eigenvalue weighted by atomic mass is 32.2. The first-order valence-corrected chi connectivity index (χ1v) is 22.2. The highest BCUT2D eigenvalue weighted by molar-refractivity contribution is 7.91. The second-order valence-electron chi connectivity index (χ2n) is 17.6. The first-order chi connectivity index (χ1) is 27.7. The molecule has 3 aliphatic carbocycles. The summed E-state index contributed by atoms with van der Waals surface area (Å²) >= 11 is 0. The van der Waals surface area contributed by atoms with Crippen molar-refractivity contribution in [3.05, 3.63) is 54.8 Å². The van der Waals surface area contributed by atoms with Gasteiger partial charge in [0.05, 0.1) is 31.0 Å². The molecule has 4 amide bonds. The number of ether oxygens (including phenoxy) is 3. The summed E-state index contributed by atoms with van der Waals surface area (Å²) in [5, 5.41) is 5.89. The fraction of sp³-hybridized carbons (Fsp3) is 0.605. The molecule has 314 valence electrons. The largest absolute Gasteiger partial charge is 0.496 e. The Bertz CT molecular complexity index is 2080. The van der Waals surface area contributed by atoms with Gasteiger partial charge in [0.2, 0.25) is 21.8 Å². The molecule has 5 atom stereocenters. The van der Waals surface area contributed by atoms with Crippen LogP contribution in [-0.2, 0) is 42.0 Å². The maximum atomic E-state index is 14.9. The molecule has 3 heterocycles. The summed E-state index contributed by atoms with van der Waals surface area (Å²) in [6, 6.07) is 3.70. The summed E-state index contributed by atoms with van der Waals surface area (Å²) in [6.45, 7) is 11.9. The summed E-state index contributed by atoms with van der Waals surface area (Å²) in [5.41, 5.74) is 0.420. The average molecular weight is 820 g/mol. The Balaban J connectivity index is 1.27. The lowest BCUT2D eigenvalue weighted by Gasteiger charge is -2.35. The number of benzene rings is 1. The summed E-state index contributed by atoms with van der Waals surface area (Å²) in [4.78, 5) is 63.0. The van der Waals surface area contributed by atoms with E-state index >= 15 is 0 Å². The molecule has 4 fully saturated rings. The number of aromatic nitrogens is 1. The Hall–Kier alpha value is -4.66. The van der Waals surface area contributed by atoms with E-state index in [4.69, 9.17) is 19.2 Å². The molecule has 58 heavy (non-hydrogen) atoms. The van der Waals surface area contributed by atoms with Gasteiger partial charge in [-0.25, -0.2) is 13.2 Å². The van der Waals surface area contributed by atoms with E-state index in [9.17, 15) is 27.6 Å². The van der Waals surface area contributed by atoms with Gasteiger partial charge in [-0.15, -0.1) is 13.2 Å². The molecular formula is C43H57N5O9S. The van der Waals surface area contributed by atoms with Crippen molar-refractivity contribution in [1.82, 2.24) is 25.2 Å². The Kier molecular flexibility index (Phi) is 11.8. The molecule has 0 unspecified atom stereocenters. The number of methoxy groups -OCH3 is 1. The maximum Gasteiger partial charge on any atom is 0.407 e. The number of rotatable bonds is 10. The highest BCUT2D eigenvalue weighted by Crippen LogP contribution is 2.46. The first-order valence-electron chi connectivity index (χ1n) is 20.7. The van der Waals surface area contributed by atoms with Gasteiger partial charge in [0.1, 0.15) is 35.2 Å². The van der Waals surface area contributed by atoms with Gasteiger partial charge in [-0.2, -0.15) is 0 Å². The molecule has 14 nitrogen and oxygen atoms in total. The minimum absolute atomic E-state index is 0.00760. The second-order valence-corrected chi connectivity index (χ2v) is 19.5. The quantitative estimate of drug-likeness (QED) is 0.275. The zero-order chi connectivity index (χ0) is 41.4. The van der Waals surface area contributed by atoms with Crippen LogP contribution in [0.15, 0.2) is 43.5 Å². The van der Waals surface area contributed by atoms with Crippen molar-refractivity contribution >= 4 is 44.7 Å². The van der Waals surface area contributed by atoms with Crippen molar-refractivity contribution in [2.75, 3.05) is 20.3 Å². The molecule has 15 heteroatoms. The highest BCUT2D eigenvalue weighted by Gasteiger charge is 2.62. The van der Waals surface area contributed by atoms with E-state index in [1.165, 1.54) is 11.0 Å². The van der Waals surface area contributed by atoms with Gasteiger partial charge in [0.25, 0.3) is 5.91 Å².